The van der Waals surface area contributed by atoms with Crippen LogP contribution in [0.1, 0.15) is 77.0 Å². The molecule has 0 unspecified atom stereocenters. The maximum Gasteiger partial charge on any atom is -0.0351 e. The second-order valence-electron chi connectivity index (χ2n) is 4.58. The minimum atomic E-state index is 1.03. The summed E-state index contributed by atoms with van der Waals surface area (Å²) >= 11 is 0. The van der Waals surface area contributed by atoms with Crippen LogP contribution in [0.2, 0.25) is 0 Å². The first-order chi connectivity index (χ1) is 7.91. The number of unbranched alkanes of at least 4 members (excludes halogenated alkanes) is 10. The SMILES string of the molecule is [CH2]CCC=CCCCCCCCCCC[CH2]. The van der Waals surface area contributed by atoms with Crippen molar-refractivity contribution in [3.05, 3.63) is 26.0 Å². The summed E-state index contributed by atoms with van der Waals surface area (Å²) in [7, 11) is 0. The Morgan fingerprint density at radius 2 is 1.00 bits per heavy atom. The molecule has 0 atom stereocenters. The van der Waals surface area contributed by atoms with E-state index in [4.69, 9.17) is 0 Å². The third kappa shape index (κ3) is 13.7. The second-order valence-corrected chi connectivity index (χ2v) is 4.58. The Morgan fingerprint density at radius 3 is 1.56 bits per heavy atom. The molecule has 0 rings (SSSR count). The first-order valence-corrected chi connectivity index (χ1v) is 7.15. The lowest BCUT2D eigenvalue weighted by Gasteiger charge is -2.00. The van der Waals surface area contributed by atoms with E-state index in [1.165, 1.54) is 57.8 Å². The third-order valence-corrected chi connectivity index (χ3v) is 2.91. The van der Waals surface area contributed by atoms with Gasteiger partial charge in [-0.1, -0.05) is 77.4 Å². The zero-order valence-electron chi connectivity index (χ0n) is 11.1. The molecule has 0 aromatic carbocycles. The van der Waals surface area contributed by atoms with Gasteiger partial charge in [0.15, 0.2) is 0 Å². The summed E-state index contributed by atoms with van der Waals surface area (Å²) in [6, 6.07) is 0. The highest BCUT2D eigenvalue weighted by atomic mass is 14.0. The molecule has 0 fully saturated rings. The summed E-state index contributed by atoms with van der Waals surface area (Å²) in [4.78, 5) is 0. The summed E-state index contributed by atoms with van der Waals surface area (Å²) in [6.45, 7) is 7.68. The average molecular weight is 222 g/mol. The van der Waals surface area contributed by atoms with Crippen molar-refractivity contribution in [3.63, 3.8) is 0 Å². The van der Waals surface area contributed by atoms with Crippen molar-refractivity contribution >= 4 is 0 Å². The van der Waals surface area contributed by atoms with Gasteiger partial charge in [-0.3, -0.25) is 0 Å². The molecule has 0 aliphatic carbocycles. The molecule has 0 aliphatic heterocycles. The van der Waals surface area contributed by atoms with E-state index in [0.29, 0.717) is 0 Å². The van der Waals surface area contributed by atoms with Crippen LogP contribution in [-0.2, 0) is 0 Å². The normalized spacial score (nSPS) is 11.4. The molecule has 0 N–H and O–H groups in total. The molecule has 0 saturated carbocycles. The van der Waals surface area contributed by atoms with E-state index in [-0.39, 0.29) is 0 Å². The zero-order chi connectivity index (χ0) is 11.9. The van der Waals surface area contributed by atoms with Gasteiger partial charge in [0.25, 0.3) is 0 Å². The molecule has 0 saturated heterocycles. The summed E-state index contributed by atoms with van der Waals surface area (Å²) in [5.41, 5.74) is 0. The maximum absolute atomic E-state index is 3.86. The van der Waals surface area contributed by atoms with Crippen molar-refractivity contribution < 1.29 is 0 Å². The second kappa shape index (κ2) is 14.7. The lowest BCUT2D eigenvalue weighted by molar-refractivity contribution is 0.571. The van der Waals surface area contributed by atoms with Crippen molar-refractivity contribution in [2.24, 2.45) is 0 Å². The number of hydrogen-bond acceptors (Lipinski definition) is 0. The van der Waals surface area contributed by atoms with Crippen LogP contribution >= 0.6 is 0 Å². The van der Waals surface area contributed by atoms with Gasteiger partial charge < -0.3 is 0 Å². The van der Waals surface area contributed by atoms with Crippen LogP contribution in [0.4, 0.5) is 0 Å². The molecule has 94 valence electrons. The van der Waals surface area contributed by atoms with E-state index < -0.39 is 0 Å². The Morgan fingerprint density at radius 1 is 0.500 bits per heavy atom. The number of rotatable bonds is 12. The molecular weight excluding hydrogens is 192 g/mol. The minimum absolute atomic E-state index is 1.03. The van der Waals surface area contributed by atoms with E-state index in [9.17, 15) is 0 Å². The van der Waals surface area contributed by atoms with E-state index in [1.807, 2.05) is 0 Å². The van der Waals surface area contributed by atoms with Gasteiger partial charge in [-0.25, -0.2) is 0 Å². The molecule has 0 aromatic rings. The van der Waals surface area contributed by atoms with Crippen LogP contribution < -0.4 is 0 Å². The highest BCUT2D eigenvalue weighted by Crippen LogP contribution is 2.10. The molecule has 2 radical (unpaired) electrons. The Labute approximate surface area is 104 Å². The lowest BCUT2D eigenvalue weighted by Crippen LogP contribution is -1.80. The minimum Gasteiger partial charge on any atom is -0.0885 e. The van der Waals surface area contributed by atoms with E-state index >= 15 is 0 Å². The van der Waals surface area contributed by atoms with Gasteiger partial charge in [0.2, 0.25) is 0 Å². The van der Waals surface area contributed by atoms with Crippen LogP contribution in [0.25, 0.3) is 0 Å². The smallest absolute Gasteiger partial charge is 0.0351 e. The zero-order valence-corrected chi connectivity index (χ0v) is 11.1. The van der Waals surface area contributed by atoms with Crippen LogP contribution in [0, 0.1) is 13.8 Å². The summed E-state index contributed by atoms with van der Waals surface area (Å²) in [6.07, 6.45) is 20.3. The fourth-order valence-corrected chi connectivity index (χ4v) is 1.85. The van der Waals surface area contributed by atoms with Crippen molar-refractivity contribution in [2.75, 3.05) is 0 Å². The number of hydrogen-bond donors (Lipinski definition) is 0. The third-order valence-electron chi connectivity index (χ3n) is 2.91. The molecule has 16 heavy (non-hydrogen) atoms. The summed E-state index contributed by atoms with van der Waals surface area (Å²) in [5, 5.41) is 0. The largest absolute Gasteiger partial charge is 0.0885 e. The Kier molecular flexibility index (Phi) is 14.5. The Bertz CT molecular complexity index is 135. The predicted molar refractivity (Wildman–Crippen MR) is 75.3 cm³/mol. The topological polar surface area (TPSA) is 0 Å². The molecule has 0 heterocycles. The standard InChI is InChI=1S/C16H30/c1-3-5-7-9-11-13-15-16-14-12-10-8-6-4-2/h7,9H,1-6,8,10-16H2. The van der Waals surface area contributed by atoms with Crippen LogP contribution in [0.3, 0.4) is 0 Å². The van der Waals surface area contributed by atoms with Crippen LogP contribution in [0.15, 0.2) is 12.2 Å². The van der Waals surface area contributed by atoms with E-state index in [1.54, 1.807) is 0 Å². The highest BCUT2D eigenvalue weighted by Gasteiger charge is 1.90. The first-order valence-electron chi connectivity index (χ1n) is 7.15. The van der Waals surface area contributed by atoms with Crippen molar-refractivity contribution in [1.82, 2.24) is 0 Å². The van der Waals surface area contributed by atoms with Gasteiger partial charge >= 0.3 is 0 Å². The molecule has 0 aromatic heterocycles. The van der Waals surface area contributed by atoms with Crippen LogP contribution in [-0.4, -0.2) is 0 Å². The van der Waals surface area contributed by atoms with Crippen LogP contribution in [0.5, 0.6) is 0 Å². The monoisotopic (exact) mass is 222 g/mol. The predicted octanol–water partition coefficient (Wildman–Crippen LogP) is 5.89. The van der Waals surface area contributed by atoms with Crippen molar-refractivity contribution in [3.8, 4) is 0 Å². The summed E-state index contributed by atoms with van der Waals surface area (Å²) in [5.74, 6) is 0. The maximum atomic E-state index is 3.86. The van der Waals surface area contributed by atoms with Crippen molar-refractivity contribution in [1.29, 1.82) is 0 Å². The van der Waals surface area contributed by atoms with Gasteiger partial charge in [-0.05, 0) is 25.7 Å². The molecular formula is C16H30. The summed E-state index contributed by atoms with van der Waals surface area (Å²) < 4.78 is 0. The molecule has 0 aliphatic rings. The molecule has 0 spiro atoms. The molecule has 0 bridgehead atoms. The van der Waals surface area contributed by atoms with Gasteiger partial charge in [0.05, 0.1) is 0 Å². The number of allylic oxidation sites excluding steroid dienone is 2. The lowest BCUT2D eigenvalue weighted by atomic mass is 10.1. The molecule has 0 amide bonds. The van der Waals surface area contributed by atoms with Gasteiger partial charge in [0, 0.05) is 0 Å². The Hall–Kier alpha value is -0.260. The van der Waals surface area contributed by atoms with E-state index in [2.05, 4.69) is 26.0 Å². The first kappa shape index (κ1) is 15.7. The quantitative estimate of drug-likeness (QED) is 0.285. The Balaban J connectivity index is 2.93. The van der Waals surface area contributed by atoms with E-state index in [0.717, 1.165) is 19.3 Å². The fraction of sp³-hybridized carbons (Fsp3) is 0.750. The van der Waals surface area contributed by atoms with Gasteiger partial charge in [0.1, 0.15) is 0 Å². The van der Waals surface area contributed by atoms with Gasteiger partial charge in [-0.15, -0.1) is 0 Å². The molecule has 0 heteroatoms. The van der Waals surface area contributed by atoms with Gasteiger partial charge in [-0.2, -0.15) is 0 Å². The average Bonchev–Trinajstić information content (AvgIpc) is 2.31. The van der Waals surface area contributed by atoms with Crippen molar-refractivity contribution in [2.45, 2.75) is 77.0 Å². The fourth-order valence-electron chi connectivity index (χ4n) is 1.85. The highest BCUT2D eigenvalue weighted by molar-refractivity contribution is 4.81. The molecule has 0 nitrogen and oxygen atoms in total.